The van der Waals surface area contributed by atoms with Crippen LogP contribution >= 0.6 is 0 Å². The van der Waals surface area contributed by atoms with Gasteiger partial charge in [-0.25, -0.2) is 4.79 Å². The fraction of sp³-hybridized carbons (Fsp3) is 0.682. The summed E-state index contributed by atoms with van der Waals surface area (Å²) in [7, 11) is 2.12. The first-order valence-electron chi connectivity index (χ1n) is 11.3. The number of aromatic nitrogens is 2. The van der Waals surface area contributed by atoms with E-state index in [9.17, 15) is 4.79 Å². The fourth-order valence-corrected chi connectivity index (χ4v) is 4.92. The zero-order valence-electron chi connectivity index (χ0n) is 20.3. The van der Waals surface area contributed by atoms with Crippen LogP contribution in [0.1, 0.15) is 58.5 Å². The quantitative estimate of drug-likeness (QED) is 0.545. The molecule has 4 rings (SSSR count). The first kappa shape index (κ1) is 22.6. The number of piperazine rings is 1. The number of amides is 2. The second-order valence-corrected chi connectivity index (χ2v) is 10.3. The first-order valence-corrected chi connectivity index (χ1v) is 11.3. The summed E-state index contributed by atoms with van der Waals surface area (Å²) in [6, 6.07) is 0.183. The number of guanidine groups is 1. The molecule has 5 N–H and O–H groups in total. The number of carbonyl (C=O) groups excluding carboxylic acids is 1. The minimum absolute atomic E-state index is 0.0485. The predicted molar refractivity (Wildman–Crippen MR) is 125 cm³/mol. The summed E-state index contributed by atoms with van der Waals surface area (Å²) in [5.74, 6) is 0.605. The molecular weight excluding hydrogens is 406 g/mol. The third-order valence-electron chi connectivity index (χ3n) is 7.21. The molecule has 10 nitrogen and oxygen atoms in total. The summed E-state index contributed by atoms with van der Waals surface area (Å²) in [5, 5.41) is 14.1. The van der Waals surface area contributed by atoms with Gasteiger partial charge in [-0.3, -0.25) is 15.0 Å². The summed E-state index contributed by atoms with van der Waals surface area (Å²) in [6.07, 6.45) is 3.61. The number of carbonyl (C=O) groups is 1. The molecule has 1 saturated heterocycles. The van der Waals surface area contributed by atoms with E-state index in [0.29, 0.717) is 31.3 Å². The SMILES string of the molecule is CCN=C1NC=CC(N)(c2n[nH]c3c2CN(C(=O)N2CC(C)(C)N(C)C[C@@H]2C)C3(C)C)N1. The van der Waals surface area contributed by atoms with E-state index in [4.69, 9.17) is 5.73 Å². The van der Waals surface area contributed by atoms with Crippen LogP contribution in [0, 0.1) is 0 Å². The number of fused-ring (bicyclic) bond motifs is 1. The van der Waals surface area contributed by atoms with Crippen LogP contribution in [0.2, 0.25) is 0 Å². The van der Waals surface area contributed by atoms with Crippen LogP contribution in [0.15, 0.2) is 17.3 Å². The van der Waals surface area contributed by atoms with Gasteiger partial charge in [0.05, 0.1) is 17.8 Å². The summed E-state index contributed by atoms with van der Waals surface area (Å²) in [5.41, 5.74) is 7.68. The van der Waals surface area contributed by atoms with E-state index in [1.165, 1.54) is 0 Å². The second-order valence-electron chi connectivity index (χ2n) is 10.3. The van der Waals surface area contributed by atoms with E-state index in [1.807, 2.05) is 22.8 Å². The largest absolute Gasteiger partial charge is 0.333 e. The van der Waals surface area contributed by atoms with Gasteiger partial charge in [0.1, 0.15) is 5.69 Å². The molecule has 0 bridgehead atoms. The number of H-pyrrole nitrogens is 1. The lowest BCUT2D eigenvalue weighted by atomic mass is 9.96. The monoisotopic (exact) mass is 443 g/mol. The van der Waals surface area contributed by atoms with Crippen LogP contribution in [-0.2, 0) is 17.7 Å². The number of nitrogens with zero attached hydrogens (tertiary/aromatic N) is 5. The van der Waals surface area contributed by atoms with E-state index >= 15 is 0 Å². The molecule has 2 atom stereocenters. The van der Waals surface area contributed by atoms with E-state index in [2.05, 4.69) is 72.4 Å². The van der Waals surface area contributed by atoms with E-state index < -0.39 is 11.2 Å². The summed E-state index contributed by atoms with van der Waals surface area (Å²) in [4.78, 5) is 24.5. The van der Waals surface area contributed by atoms with Gasteiger partial charge >= 0.3 is 6.03 Å². The molecule has 0 aliphatic carbocycles. The number of likely N-dealkylation sites (N-methyl/N-ethyl adjacent to an activating group) is 1. The number of aliphatic imine (C=N–C) groups is 1. The van der Waals surface area contributed by atoms with Crippen LogP contribution in [0.4, 0.5) is 4.79 Å². The third kappa shape index (κ3) is 3.45. The van der Waals surface area contributed by atoms with Crippen LogP contribution in [0.5, 0.6) is 0 Å². The van der Waals surface area contributed by atoms with Crippen molar-refractivity contribution in [2.24, 2.45) is 10.7 Å². The van der Waals surface area contributed by atoms with Gasteiger partial charge in [-0.1, -0.05) is 0 Å². The lowest BCUT2D eigenvalue weighted by Crippen LogP contribution is -2.65. The van der Waals surface area contributed by atoms with Gasteiger partial charge in [0.15, 0.2) is 11.6 Å². The van der Waals surface area contributed by atoms with Crippen molar-refractivity contribution in [1.82, 2.24) is 35.5 Å². The highest BCUT2D eigenvalue weighted by atomic mass is 16.2. The topological polar surface area (TPSA) is 118 Å². The Hall–Kier alpha value is -2.59. The molecule has 176 valence electrons. The maximum Gasteiger partial charge on any atom is 0.321 e. The third-order valence-corrected chi connectivity index (χ3v) is 7.21. The standard InChI is InChI=1S/C22H37N9O/c1-8-24-18-25-10-9-22(23,26-18)17-15-12-31(21(5,6)16(15)27-28-17)19(32)30-13-20(3,4)29(7)11-14(30)2/h9-10,14H,8,11-13,23H2,1-7H3,(H,27,28)(H2,24,25,26)/t14-,22?/m0/s1. The fourth-order valence-electron chi connectivity index (χ4n) is 4.92. The Bertz CT molecular complexity index is 963. The number of urea groups is 1. The van der Waals surface area contributed by atoms with Crippen LogP contribution < -0.4 is 16.4 Å². The van der Waals surface area contributed by atoms with E-state index in [1.54, 1.807) is 6.20 Å². The molecule has 4 heterocycles. The zero-order valence-corrected chi connectivity index (χ0v) is 20.3. The second kappa shape index (κ2) is 7.48. The molecule has 1 aromatic heterocycles. The maximum absolute atomic E-state index is 13.8. The highest BCUT2D eigenvalue weighted by Crippen LogP contribution is 2.42. The number of rotatable bonds is 2. The lowest BCUT2D eigenvalue weighted by Gasteiger charge is -2.50. The number of aromatic amines is 1. The number of nitrogens with one attached hydrogen (secondary N) is 3. The highest BCUT2D eigenvalue weighted by molar-refractivity contribution is 5.83. The molecule has 1 unspecified atom stereocenters. The molecule has 3 aliphatic rings. The van der Waals surface area contributed by atoms with Gasteiger partial charge in [-0.15, -0.1) is 0 Å². The van der Waals surface area contributed by atoms with Crippen molar-refractivity contribution >= 4 is 12.0 Å². The van der Waals surface area contributed by atoms with Gasteiger partial charge in [0, 0.05) is 43.0 Å². The van der Waals surface area contributed by atoms with Crippen molar-refractivity contribution < 1.29 is 4.79 Å². The van der Waals surface area contributed by atoms with Gasteiger partial charge in [0.25, 0.3) is 0 Å². The number of hydrogen-bond acceptors (Lipinski definition) is 5. The van der Waals surface area contributed by atoms with Crippen molar-refractivity contribution in [3.8, 4) is 0 Å². The molecule has 0 radical (unpaired) electrons. The average Bonchev–Trinajstić information content (AvgIpc) is 3.24. The molecule has 0 saturated carbocycles. The maximum atomic E-state index is 13.8. The first-order chi connectivity index (χ1) is 14.9. The minimum atomic E-state index is -1.01. The lowest BCUT2D eigenvalue weighted by molar-refractivity contribution is 0.00688. The summed E-state index contributed by atoms with van der Waals surface area (Å²) >= 11 is 0. The smallest absolute Gasteiger partial charge is 0.321 e. The molecule has 1 fully saturated rings. The Morgan fingerprint density at radius 1 is 1.34 bits per heavy atom. The van der Waals surface area contributed by atoms with Gasteiger partial charge in [-0.2, -0.15) is 5.10 Å². The summed E-state index contributed by atoms with van der Waals surface area (Å²) < 4.78 is 0. The molecular formula is C22H37N9O. The Morgan fingerprint density at radius 3 is 2.75 bits per heavy atom. The molecule has 32 heavy (non-hydrogen) atoms. The Morgan fingerprint density at radius 2 is 2.06 bits per heavy atom. The van der Waals surface area contributed by atoms with Crippen LogP contribution in [0.3, 0.4) is 0 Å². The molecule has 0 aromatic carbocycles. The van der Waals surface area contributed by atoms with Gasteiger partial charge in [0.2, 0.25) is 0 Å². The Kier molecular flexibility index (Phi) is 5.28. The van der Waals surface area contributed by atoms with Crippen molar-refractivity contribution in [3.63, 3.8) is 0 Å². The number of nitrogens with two attached hydrogens (primary N) is 1. The molecule has 2 amide bonds. The number of hydrogen-bond donors (Lipinski definition) is 4. The van der Waals surface area contributed by atoms with Gasteiger partial charge < -0.3 is 26.2 Å². The van der Waals surface area contributed by atoms with E-state index in [-0.39, 0.29) is 17.6 Å². The molecule has 3 aliphatic heterocycles. The highest BCUT2D eigenvalue weighted by Gasteiger charge is 2.49. The van der Waals surface area contributed by atoms with Crippen molar-refractivity contribution in [2.45, 2.75) is 70.9 Å². The van der Waals surface area contributed by atoms with Crippen molar-refractivity contribution in [3.05, 3.63) is 29.2 Å². The minimum Gasteiger partial charge on any atom is -0.333 e. The summed E-state index contributed by atoms with van der Waals surface area (Å²) in [6.45, 7) is 15.2. The normalized spacial score (nSPS) is 30.2. The Balaban J connectivity index is 1.64. The molecule has 0 spiro atoms. The zero-order chi connectivity index (χ0) is 23.5. The van der Waals surface area contributed by atoms with Crippen LogP contribution in [0.25, 0.3) is 0 Å². The van der Waals surface area contributed by atoms with Crippen molar-refractivity contribution in [2.75, 3.05) is 26.7 Å². The molecule has 1 aromatic rings. The van der Waals surface area contributed by atoms with Crippen LogP contribution in [-0.4, -0.2) is 75.2 Å². The average molecular weight is 444 g/mol. The Labute approximate surface area is 190 Å². The van der Waals surface area contributed by atoms with Crippen molar-refractivity contribution in [1.29, 1.82) is 0 Å². The predicted octanol–water partition coefficient (Wildman–Crippen LogP) is 1.19. The molecule has 10 heteroatoms. The van der Waals surface area contributed by atoms with Gasteiger partial charge in [-0.05, 0) is 54.7 Å². The van der Waals surface area contributed by atoms with E-state index in [0.717, 1.165) is 17.8 Å².